The molecule has 0 aromatic rings. The van der Waals surface area contributed by atoms with Gasteiger partial charge in [-0.25, -0.2) is 0 Å². The summed E-state index contributed by atoms with van der Waals surface area (Å²) in [6.07, 6.45) is 0. The number of hydrogen-bond donors (Lipinski definition) is 0. The molecule has 0 spiro atoms. The van der Waals surface area contributed by atoms with Crippen molar-refractivity contribution in [1.82, 2.24) is 0 Å². The minimum Gasteiger partial charge on any atom is -0.870 e. The zero-order chi connectivity index (χ0) is 0. The van der Waals surface area contributed by atoms with Crippen LogP contribution in [0, 0.1) is 0 Å². The molecule has 0 aromatic carbocycles. The second-order valence-corrected chi connectivity index (χ2v) is 0. The third-order valence-corrected chi connectivity index (χ3v) is 0. The van der Waals surface area contributed by atoms with Gasteiger partial charge in [0.15, 0.2) is 0 Å². The Kier molecular flexibility index (Phi) is 122000. The van der Waals surface area contributed by atoms with Crippen LogP contribution < -0.4 is 0 Å². The normalized spacial score (nSPS) is 0. The maximum Gasteiger partial charge on any atom is 0 e. The van der Waals surface area contributed by atoms with E-state index in [2.05, 4.69) is 0 Å². The van der Waals surface area contributed by atoms with Gasteiger partial charge >= 0.3 is 70.4 Å². The summed E-state index contributed by atoms with van der Waals surface area (Å²) in [6.45, 7) is 0. The van der Waals surface area contributed by atoms with Crippen LogP contribution in [-0.2, 0) is 0 Å². The van der Waals surface area contributed by atoms with Crippen LogP contribution in [0.4, 0.5) is 0 Å². The van der Waals surface area contributed by atoms with E-state index in [0.29, 0.717) is 0 Å². The van der Waals surface area contributed by atoms with Crippen LogP contribution in [-0.4, -0.2) is 366 Å². The molecule has 0 unspecified atom stereocenters. The fourth-order valence-corrected chi connectivity index (χ4v) is 0. The van der Waals surface area contributed by atoms with Gasteiger partial charge in [0.05, 0.1) is 0 Å². The van der Waals surface area contributed by atoms with Crippen molar-refractivity contribution < 1.29 is 137 Å². The van der Waals surface area contributed by atoms with E-state index in [1.165, 1.54) is 0 Å². The average Bonchev–Trinajstić information content (AvgIpc) is 0. The minimum atomic E-state index is 0. The van der Waals surface area contributed by atoms with E-state index in [0.717, 1.165) is 0 Å². The first-order chi connectivity index (χ1) is 0. The summed E-state index contributed by atoms with van der Waals surface area (Å²) in [4.78, 5) is 0. The molecule has 264 valence electrons. The van der Waals surface area contributed by atoms with Gasteiger partial charge in [-0.15, -0.1) is 0 Å². The van der Waals surface area contributed by atoms with E-state index in [1.54, 1.807) is 0 Å². The second kappa shape index (κ2) is 2080. The Bertz CT molecular complexity index is 35.2. The maximum absolute atomic E-state index is 0. The van der Waals surface area contributed by atoms with Crippen molar-refractivity contribution >= 4 is 229 Å². The smallest absolute Gasteiger partial charge is 0 e. The predicted octanol–water partition coefficient (Wildman–Crippen LogP) is -25.5. The van der Waals surface area contributed by atoms with Crippen molar-refractivity contribution in [3.63, 3.8) is 0 Å². The van der Waals surface area contributed by atoms with E-state index < -0.39 is 0 Å². The standard InChI is InChI=1S/4GeH3.9Ge.25H2O/h4*1H3;;;;;;;;;;25*1H2/p-5. The molecule has 0 aromatic heterocycles. The molecular weight excluding hydrogens is 1340 g/mol. The molecule has 0 aliphatic heterocycles. The van der Waals surface area contributed by atoms with Crippen molar-refractivity contribution in [1.29, 1.82) is 0 Å². The molecule has 0 amide bonds. The first kappa shape index (κ1) is 2230. The van der Waals surface area contributed by atoms with Gasteiger partial charge in [0.25, 0.3) is 0 Å². The maximum atomic E-state index is 0. The van der Waals surface area contributed by atoms with Gasteiger partial charge in [-0.1, -0.05) is 0 Å². The molecule has 0 saturated carbocycles. The third-order valence-electron chi connectivity index (χ3n) is 0. The predicted molar refractivity (Wildman–Crippen MR) is 173 cm³/mol. The fourth-order valence-electron chi connectivity index (χ4n) is 0. The zero-order valence-electron chi connectivity index (χ0n) is 20.7. The molecule has 38 heavy (non-hydrogen) atoms. The fraction of sp³-hybridized carbons (Fsp3) is 0. The van der Waals surface area contributed by atoms with Crippen molar-refractivity contribution in [2.75, 3.05) is 0 Å². The van der Waals surface area contributed by atoms with Crippen molar-refractivity contribution in [3.05, 3.63) is 0 Å². The molecule has 40 radical (unpaired) electrons. The molecule has 25 nitrogen and oxygen atoms in total. The summed E-state index contributed by atoms with van der Waals surface area (Å²) < 4.78 is 0. The van der Waals surface area contributed by atoms with Gasteiger partial charge in [0.2, 0.25) is 0 Å². The second-order valence-electron chi connectivity index (χ2n) is 0. The third kappa shape index (κ3) is 1930. The first-order valence-electron chi connectivity index (χ1n) is 0. The van der Waals surface area contributed by atoms with Crippen LogP contribution >= 0.6 is 0 Å². The monoisotopic (exact) mass is 1420 g/mol. The Balaban J connectivity index is 0. The van der Waals surface area contributed by atoms with Gasteiger partial charge in [-0.3, -0.25) is 0 Å². The van der Waals surface area contributed by atoms with Crippen LogP contribution in [0.3, 0.4) is 0 Å². The molecule has 0 aliphatic rings. The van der Waals surface area contributed by atoms with Crippen molar-refractivity contribution in [2.45, 2.75) is 0 Å². The van der Waals surface area contributed by atoms with Crippen LogP contribution in [0.15, 0.2) is 0 Å². The topological polar surface area (TPSA) is 780 Å². The van der Waals surface area contributed by atoms with Crippen molar-refractivity contribution in [2.24, 2.45) is 0 Å². The number of hydrogen-bond acceptors (Lipinski definition) is 5. The Morgan fingerprint density at radius 1 is 0.105 bits per heavy atom. The van der Waals surface area contributed by atoms with Gasteiger partial charge in [0, 0.05) is 158 Å². The van der Waals surface area contributed by atoms with Crippen molar-refractivity contribution in [3.8, 4) is 0 Å². The molecule has 0 bridgehead atoms. The summed E-state index contributed by atoms with van der Waals surface area (Å²) in [7, 11) is 0. The summed E-state index contributed by atoms with van der Waals surface area (Å²) >= 11 is 0. The zero-order valence-corrected chi connectivity index (χ0v) is 56.4. The SMILES string of the molecule is O.O.O.O.O.O.O.O.O.O.O.O.O.O.O.O.O.O.O.O.[GeH3].[GeH3].[GeH3].[GeH3].[Ge].[Ge].[Ge].[Ge].[Ge].[Ge].[Ge].[Ge].[Ge].[OH-].[OH-].[OH-].[OH-].[OH-]. The summed E-state index contributed by atoms with van der Waals surface area (Å²) in [5, 5.41) is 0. The summed E-state index contributed by atoms with van der Waals surface area (Å²) in [5.74, 6) is 0. The van der Waals surface area contributed by atoms with Crippen LogP contribution in [0.5, 0.6) is 0 Å². The first-order valence-corrected chi connectivity index (χ1v) is 0. The van der Waals surface area contributed by atoms with Crippen LogP contribution in [0.1, 0.15) is 0 Å². The Morgan fingerprint density at radius 3 is 0.105 bits per heavy atom. The minimum absolute atomic E-state index is 0. The Morgan fingerprint density at radius 2 is 0.105 bits per heavy atom. The molecule has 0 rings (SSSR count). The summed E-state index contributed by atoms with van der Waals surface area (Å²) in [5.41, 5.74) is 0. The largest absolute Gasteiger partial charge is 0.870 e. The van der Waals surface area contributed by atoms with E-state index in [4.69, 9.17) is 0 Å². The number of rotatable bonds is 0. The quantitative estimate of drug-likeness (QED) is 0.213. The average molecular weight is 1400 g/mol. The van der Waals surface area contributed by atoms with Gasteiger partial charge in [-0.2, -0.15) is 0 Å². The molecule has 38 heteroatoms. The Hall–Kier alpha value is 6.06. The Labute approximate surface area is 361 Å². The molecule has 0 atom stereocenters. The molecular formula is H57Ge13O25-5. The van der Waals surface area contributed by atoms with E-state index >= 15 is 0 Å². The summed E-state index contributed by atoms with van der Waals surface area (Å²) in [6, 6.07) is 0. The van der Waals surface area contributed by atoms with E-state index in [9.17, 15) is 0 Å². The van der Waals surface area contributed by atoms with Crippen LogP contribution in [0.25, 0.3) is 0 Å². The molecule has 0 heterocycles. The van der Waals surface area contributed by atoms with Gasteiger partial charge in [-0.05, 0) is 0 Å². The van der Waals surface area contributed by atoms with Gasteiger partial charge in [0.1, 0.15) is 0 Å². The molecule has 0 fully saturated rings. The molecule has 0 aliphatic carbocycles. The van der Waals surface area contributed by atoms with Crippen LogP contribution in [0.2, 0.25) is 0 Å². The van der Waals surface area contributed by atoms with E-state index in [-0.39, 0.29) is 366 Å². The molecule has 0 saturated heterocycles. The van der Waals surface area contributed by atoms with Gasteiger partial charge < -0.3 is 137 Å². The van der Waals surface area contributed by atoms with E-state index in [1.807, 2.05) is 0 Å². The molecule has 45 N–H and O–H groups in total.